The largest absolute Gasteiger partial charge is 0.114 e. The third kappa shape index (κ3) is 0.819. The van der Waals surface area contributed by atoms with E-state index in [2.05, 4.69) is 17.9 Å². The third-order valence-corrected chi connectivity index (χ3v) is 0.978. The maximum Gasteiger partial charge on any atom is -0.00883 e. The van der Waals surface area contributed by atoms with Gasteiger partial charge in [0.15, 0.2) is 0 Å². The zero-order valence-electron chi connectivity index (χ0n) is 4.65. The Morgan fingerprint density at radius 1 is 1.14 bits per heavy atom. The van der Waals surface area contributed by atoms with Crippen molar-refractivity contribution >= 4 is 0 Å². The van der Waals surface area contributed by atoms with Crippen LogP contribution < -0.4 is 0 Å². The predicted molar refractivity (Wildman–Crippen MR) is 31.0 cm³/mol. The first kappa shape index (κ1) is 4.42. The molecule has 0 saturated carbocycles. The summed E-state index contributed by atoms with van der Waals surface area (Å²) < 4.78 is 0. The molecule has 0 bridgehead atoms. The van der Waals surface area contributed by atoms with Gasteiger partial charge in [0.1, 0.15) is 0 Å². The summed E-state index contributed by atoms with van der Waals surface area (Å²) in [4.78, 5) is 0. The summed E-state index contributed by atoms with van der Waals surface area (Å²) in [7, 11) is 0. The summed E-state index contributed by atoms with van der Waals surface area (Å²) in [6.45, 7) is 4.10. The van der Waals surface area contributed by atoms with E-state index in [1.165, 1.54) is 11.1 Å². The molecule has 0 aliphatic heterocycles. The number of hydrogen-bond acceptors (Lipinski definition) is 0. The molecule has 0 fully saturated rings. The maximum atomic E-state index is 3.14. The summed E-state index contributed by atoms with van der Waals surface area (Å²) in [5.74, 6) is 0. The van der Waals surface area contributed by atoms with Gasteiger partial charge >= 0.3 is 0 Å². The molecule has 0 N–H and O–H groups in total. The van der Waals surface area contributed by atoms with Crippen LogP contribution in [0.4, 0.5) is 0 Å². The summed E-state index contributed by atoms with van der Waals surface area (Å²) in [6.07, 6.45) is 4.13. The van der Waals surface area contributed by atoms with Gasteiger partial charge in [-0.15, -0.1) is 5.73 Å². The predicted octanol–water partition coefficient (Wildman–Crippen LogP) is 2.05. The normalized spacial score (nSPS) is 16.9. The Balaban J connectivity index is 3.03. The minimum atomic E-state index is 1.23. The van der Waals surface area contributed by atoms with Crippen LogP contribution in [0.3, 0.4) is 0 Å². The van der Waals surface area contributed by atoms with Crippen LogP contribution in [0.15, 0.2) is 29.0 Å². The zero-order chi connectivity index (χ0) is 5.28. The van der Waals surface area contributed by atoms with Gasteiger partial charge in [-0.1, -0.05) is 12.2 Å². The van der Waals surface area contributed by atoms with Crippen molar-refractivity contribution < 1.29 is 0 Å². The molecule has 0 unspecified atom stereocenters. The number of hydrogen-bond donors (Lipinski definition) is 0. The fraction of sp³-hybridized carbons (Fsp3) is 0.286. The number of allylic oxidation sites excluding steroid dienone is 3. The van der Waals surface area contributed by atoms with Crippen molar-refractivity contribution in [2.24, 2.45) is 0 Å². The van der Waals surface area contributed by atoms with E-state index < -0.39 is 0 Å². The van der Waals surface area contributed by atoms with E-state index in [0.29, 0.717) is 0 Å². The van der Waals surface area contributed by atoms with E-state index in [0.717, 1.165) is 0 Å². The molecular formula is C7H8. The lowest BCUT2D eigenvalue weighted by molar-refractivity contribution is 1.56. The van der Waals surface area contributed by atoms with Gasteiger partial charge in [0.05, 0.1) is 0 Å². The lowest BCUT2D eigenvalue weighted by Crippen LogP contribution is -1.50. The standard InChI is InChI=1S/C7H8/c1-6-3-4-7(2)5-6/h3-4H,1-2H3. The van der Waals surface area contributed by atoms with Crippen molar-refractivity contribution in [2.75, 3.05) is 0 Å². The molecule has 0 spiro atoms. The Kier molecular flexibility index (Phi) is 0.883. The second-order valence-corrected chi connectivity index (χ2v) is 1.82. The van der Waals surface area contributed by atoms with Crippen LogP contribution in [0.25, 0.3) is 0 Å². The van der Waals surface area contributed by atoms with Crippen molar-refractivity contribution in [3.05, 3.63) is 29.0 Å². The van der Waals surface area contributed by atoms with Gasteiger partial charge < -0.3 is 0 Å². The third-order valence-electron chi connectivity index (χ3n) is 0.978. The van der Waals surface area contributed by atoms with Crippen LogP contribution in [0.2, 0.25) is 0 Å². The summed E-state index contributed by atoms with van der Waals surface area (Å²) in [6, 6.07) is 0. The first-order chi connectivity index (χ1) is 3.29. The van der Waals surface area contributed by atoms with E-state index in [4.69, 9.17) is 0 Å². The van der Waals surface area contributed by atoms with Crippen molar-refractivity contribution in [1.29, 1.82) is 0 Å². The summed E-state index contributed by atoms with van der Waals surface area (Å²) in [5, 5.41) is 0. The summed E-state index contributed by atoms with van der Waals surface area (Å²) >= 11 is 0. The molecule has 7 heavy (non-hydrogen) atoms. The second-order valence-electron chi connectivity index (χ2n) is 1.82. The van der Waals surface area contributed by atoms with E-state index in [1.54, 1.807) is 0 Å². The molecule has 0 atom stereocenters. The highest BCUT2D eigenvalue weighted by molar-refractivity contribution is 5.33. The van der Waals surface area contributed by atoms with Gasteiger partial charge in [0.2, 0.25) is 0 Å². The first-order valence-electron chi connectivity index (χ1n) is 2.41. The van der Waals surface area contributed by atoms with Gasteiger partial charge in [0, 0.05) is 0 Å². The average molecular weight is 92.1 g/mol. The van der Waals surface area contributed by atoms with Crippen molar-refractivity contribution in [3.63, 3.8) is 0 Å². The van der Waals surface area contributed by atoms with Crippen molar-refractivity contribution in [3.8, 4) is 0 Å². The first-order valence-corrected chi connectivity index (χ1v) is 2.41. The molecule has 0 aromatic carbocycles. The number of rotatable bonds is 0. The van der Waals surface area contributed by atoms with Crippen molar-refractivity contribution in [1.82, 2.24) is 0 Å². The molecule has 0 amide bonds. The molecule has 0 saturated heterocycles. The summed E-state index contributed by atoms with van der Waals surface area (Å²) in [5.41, 5.74) is 5.61. The Hall–Kier alpha value is -0.740. The average Bonchev–Trinajstić information content (AvgIpc) is 1.87. The van der Waals surface area contributed by atoms with Gasteiger partial charge in [0.25, 0.3) is 0 Å². The van der Waals surface area contributed by atoms with Crippen LogP contribution in [-0.4, -0.2) is 0 Å². The Bertz CT molecular complexity index is 148. The Labute approximate surface area is 43.9 Å². The lowest BCUT2D eigenvalue weighted by atomic mass is 10.4. The maximum absolute atomic E-state index is 3.14. The van der Waals surface area contributed by atoms with Crippen LogP contribution in [-0.2, 0) is 0 Å². The van der Waals surface area contributed by atoms with Gasteiger partial charge in [-0.2, -0.15) is 0 Å². The van der Waals surface area contributed by atoms with Crippen LogP contribution in [0.5, 0.6) is 0 Å². The minimum absolute atomic E-state index is 1.23. The Morgan fingerprint density at radius 2 is 1.57 bits per heavy atom. The zero-order valence-corrected chi connectivity index (χ0v) is 4.65. The highest BCUT2D eigenvalue weighted by atomic mass is 13.9. The lowest BCUT2D eigenvalue weighted by Gasteiger charge is -1.69. The fourth-order valence-electron chi connectivity index (χ4n) is 0.644. The van der Waals surface area contributed by atoms with Gasteiger partial charge in [-0.05, 0) is 25.0 Å². The molecule has 0 heteroatoms. The molecule has 0 aromatic rings. The topological polar surface area (TPSA) is 0 Å². The molecule has 0 radical (unpaired) electrons. The highest BCUT2D eigenvalue weighted by Gasteiger charge is 1.86. The van der Waals surface area contributed by atoms with E-state index in [9.17, 15) is 0 Å². The second kappa shape index (κ2) is 1.40. The molecule has 1 rings (SSSR count). The fourth-order valence-corrected chi connectivity index (χ4v) is 0.644. The molecule has 1 aliphatic rings. The monoisotopic (exact) mass is 92.1 g/mol. The van der Waals surface area contributed by atoms with Gasteiger partial charge in [-0.25, -0.2) is 0 Å². The van der Waals surface area contributed by atoms with Gasteiger partial charge in [-0.3, -0.25) is 0 Å². The van der Waals surface area contributed by atoms with Crippen molar-refractivity contribution in [2.45, 2.75) is 13.8 Å². The molecule has 0 aromatic heterocycles. The molecule has 0 nitrogen and oxygen atoms in total. The van der Waals surface area contributed by atoms with Crippen LogP contribution >= 0.6 is 0 Å². The minimum Gasteiger partial charge on any atom is -0.114 e. The molecule has 36 valence electrons. The molecule has 0 heterocycles. The van der Waals surface area contributed by atoms with Crippen LogP contribution in [0, 0.1) is 0 Å². The smallest absolute Gasteiger partial charge is 0.00883 e. The molecule has 1 aliphatic carbocycles. The molecular weight excluding hydrogens is 84.1 g/mol. The Morgan fingerprint density at radius 3 is 1.71 bits per heavy atom. The van der Waals surface area contributed by atoms with E-state index in [-0.39, 0.29) is 0 Å². The van der Waals surface area contributed by atoms with E-state index >= 15 is 0 Å². The van der Waals surface area contributed by atoms with E-state index in [1.807, 2.05) is 13.8 Å². The SMILES string of the molecule is CC1=C=C(C)C=C1. The quantitative estimate of drug-likeness (QED) is 0.401. The highest BCUT2D eigenvalue weighted by Crippen LogP contribution is 2.05. The van der Waals surface area contributed by atoms with Crippen LogP contribution in [0.1, 0.15) is 13.8 Å².